The molecule has 1 aliphatic heterocycles. The van der Waals surface area contributed by atoms with Crippen LogP contribution in [0.4, 0.5) is 0 Å². The van der Waals surface area contributed by atoms with Gasteiger partial charge >= 0.3 is 0 Å². The van der Waals surface area contributed by atoms with Crippen LogP contribution in [0, 0.1) is 0 Å². The fraction of sp³-hybridized carbons (Fsp3) is 0. The lowest BCUT2D eigenvalue weighted by molar-refractivity contribution is -0.115. The Hall–Kier alpha value is -2.29. The molecule has 0 spiro atoms. The van der Waals surface area contributed by atoms with Crippen LogP contribution in [0.15, 0.2) is 53.1 Å². The Bertz CT molecular complexity index is 693. The topological polar surface area (TPSA) is 46.5 Å². The highest BCUT2D eigenvalue weighted by molar-refractivity contribution is 6.34. The molecule has 0 saturated carbocycles. The van der Waals surface area contributed by atoms with E-state index >= 15 is 0 Å². The van der Waals surface area contributed by atoms with E-state index in [1.807, 2.05) is 12.1 Å². The van der Waals surface area contributed by atoms with Gasteiger partial charge in [0.25, 0.3) is 5.91 Å². The molecule has 0 aromatic heterocycles. The van der Waals surface area contributed by atoms with Crippen LogP contribution in [0.5, 0.6) is 0 Å². The minimum atomic E-state index is -0.341. The molecule has 0 unspecified atom stereocenters. The van der Waals surface area contributed by atoms with Crippen molar-refractivity contribution in [3.8, 4) is 0 Å². The van der Waals surface area contributed by atoms with Gasteiger partial charge in [-0.1, -0.05) is 24.3 Å². The zero-order valence-corrected chi connectivity index (χ0v) is 8.31. The number of ketones is 1. The normalized spacial score (nSPS) is 17.5. The molecule has 3 nitrogen and oxygen atoms in total. The summed E-state index contributed by atoms with van der Waals surface area (Å²) >= 11 is 0. The van der Waals surface area contributed by atoms with E-state index in [1.54, 1.807) is 24.3 Å². The second kappa shape index (κ2) is 3.10. The summed E-state index contributed by atoms with van der Waals surface area (Å²) in [5.41, 5.74) is 0.865. The van der Waals surface area contributed by atoms with E-state index in [9.17, 15) is 9.59 Å². The van der Waals surface area contributed by atoms with Crippen molar-refractivity contribution in [2.75, 3.05) is 0 Å². The fourth-order valence-corrected chi connectivity index (χ4v) is 1.94. The molecule has 0 N–H and O–H groups in total. The first-order valence-electron chi connectivity index (χ1n) is 4.93. The number of hydrogen-bond acceptors (Lipinski definition) is 2. The SMILES string of the molecule is O=C1C=CC=C2C(=O)N=c3ccccc3=C12. The van der Waals surface area contributed by atoms with E-state index < -0.39 is 0 Å². The van der Waals surface area contributed by atoms with Crippen molar-refractivity contribution in [2.45, 2.75) is 0 Å². The standard InChI is InChI=1S/C13H7NO2/c15-11-7-3-5-9-12(11)8-4-1-2-6-10(8)14-13(9)16/h1-7H. The smallest absolute Gasteiger partial charge is 0.278 e. The van der Waals surface area contributed by atoms with Crippen molar-refractivity contribution in [2.24, 2.45) is 4.99 Å². The van der Waals surface area contributed by atoms with Crippen LogP contribution in [0.3, 0.4) is 0 Å². The van der Waals surface area contributed by atoms with Gasteiger partial charge in [0.2, 0.25) is 0 Å². The molecule has 16 heavy (non-hydrogen) atoms. The molecule has 0 saturated heterocycles. The number of rotatable bonds is 0. The van der Waals surface area contributed by atoms with Crippen LogP contribution in [0.25, 0.3) is 5.57 Å². The Labute approximate surface area is 91.1 Å². The maximum atomic E-state index is 11.8. The molecule has 1 heterocycles. The van der Waals surface area contributed by atoms with Crippen molar-refractivity contribution in [1.29, 1.82) is 0 Å². The fourth-order valence-electron chi connectivity index (χ4n) is 1.94. The number of para-hydroxylation sites is 1. The quantitative estimate of drug-likeness (QED) is 0.606. The molecule has 0 radical (unpaired) electrons. The van der Waals surface area contributed by atoms with E-state index in [0.29, 0.717) is 16.5 Å². The second-order valence-corrected chi connectivity index (χ2v) is 3.61. The molecule has 3 rings (SSSR count). The van der Waals surface area contributed by atoms with Gasteiger partial charge in [-0.15, -0.1) is 0 Å². The Morgan fingerprint density at radius 1 is 1.06 bits per heavy atom. The number of hydrogen-bond donors (Lipinski definition) is 0. The van der Waals surface area contributed by atoms with Crippen molar-refractivity contribution in [1.82, 2.24) is 0 Å². The van der Waals surface area contributed by atoms with Gasteiger partial charge in [-0.05, 0) is 18.2 Å². The summed E-state index contributed by atoms with van der Waals surface area (Å²) in [4.78, 5) is 27.4. The molecule has 76 valence electrons. The first-order valence-corrected chi connectivity index (χ1v) is 4.93. The number of carbonyl (C=O) groups excluding carboxylic acids is 2. The first kappa shape index (κ1) is 8.97. The third-order valence-corrected chi connectivity index (χ3v) is 2.65. The summed E-state index contributed by atoms with van der Waals surface area (Å²) in [5, 5.41) is 1.31. The van der Waals surface area contributed by atoms with E-state index in [2.05, 4.69) is 4.99 Å². The summed E-state index contributed by atoms with van der Waals surface area (Å²) in [5.74, 6) is -0.473. The number of carbonyl (C=O) groups is 2. The average Bonchev–Trinajstić information content (AvgIpc) is 2.30. The van der Waals surface area contributed by atoms with E-state index in [0.717, 1.165) is 5.22 Å². The Kier molecular flexibility index (Phi) is 1.74. The number of allylic oxidation sites excluding steroid dienone is 3. The minimum absolute atomic E-state index is 0.131. The Morgan fingerprint density at radius 3 is 2.75 bits per heavy atom. The lowest BCUT2D eigenvalue weighted by Gasteiger charge is -2.12. The zero-order valence-electron chi connectivity index (χ0n) is 8.31. The molecule has 1 aromatic rings. The molecular weight excluding hydrogens is 202 g/mol. The summed E-state index contributed by atoms with van der Waals surface area (Å²) in [6, 6.07) is 7.18. The number of amides is 1. The Balaban J connectivity index is 2.54. The van der Waals surface area contributed by atoms with Gasteiger partial charge < -0.3 is 0 Å². The highest BCUT2D eigenvalue weighted by Gasteiger charge is 2.24. The molecule has 1 aliphatic carbocycles. The predicted molar refractivity (Wildman–Crippen MR) is 57.9 cm³/mol. The number of nitrogens with zero attached hydrogens (tertiary/aromatic N) is 1. The molecule has 0 atom stereocenters. The molecule has 3 heteroatoms. The van der Waals surface area contributed by atoms with Crippen LogP contribution < -0.4 is 10.6 Å². The van der Waals surface area contributed by atoms with Crippen LogP contribution in [0.2, 0.25) is 0 Å². The average molecular weight is 209 g/mol. The van der Waals surface area contributed by atoms with Crippen LogP contribution >= 0.6 is 0 Å². The molecular formula is C13H7NO2. The van der Waals surface area contributed by atoms with Gasteiger partial charge in [0.1, 0.15) is 0 Å². The highest BCUT2D eigenvalue weighted by atomic mass is 16.1. The minimum Gasteiger partial charge on any atom is -0.289 e. The summed E-state index contributed by atoms with van der Waals surface area (Å²) in [6.45, 7) is 0. The summed E-state index contributed by atoms with van der Waals surface area (Å²) in [7, 11) is 0. The molecule has 2 aliphatic rings. The first-order chi connectivity index (χ1) is 7.77. The van der Waals surface area contributed by atoms with Crippen molar-refractivity contribution >= 4 is 17.3 Å². The number of fused-ring (bicyclic) bond motifs is 2. The Morgan fingerprint density at radius 2 is 1.88 bits per heavy atom. The largest absolute Gasteiger partial charge is 0.289 e. The highest BCUT2D eigenvalue weighted by Crippen LogP contribution is 2.19. The maximum Gasteiger partial charge on any atom is 0.278 e. The van der Waals surface area contributed by atoms with Crippen molar-refractivity contribution in [3.05, 3.63) is 58.6 Å². The van der Waals surface area contributed by atoms with E-state index in [1.165, 1.54) is 6.08 Å². The van der Waals surface area contributed by atoms with E-state index in [-0.39, 0.29) is 11.7 Å². The second-order valence-electron chi connectivity index (χ2n) is 3.61. The van der Waals surface area contributed by atoms with Gasteiger partial charge in [0, 0.05) is 10.8 Å². The van der Waals surface area contributed by atoms with E-state index in [4.69, 9.17) is 0 Å². The summed E-state index contributed by atoms with van der Waals surface area (Å²) < 4.78 is 0. The lowest BCUT2D eigenvalue weighted by Crippen LogP contribution is -2.36. The number of benzene rings is 1. The molecule has 1 aromatic carbocycles. The molecule has 1 amide bonds. The van der Waals surface area contributed by atoms with Crippen LogP contribution in [-0.4, -0.2) is 11.7 Å². The monoisotopic (exact) mass is 209 g/mol. The maximum absolute atomic E-state index is 11.8. The third-order valence-electron chi connectivity index (χ3n) is 2.65. The zero-order chi connectivity index (χ0) is 11.1. The van der Waals surface area contributed by atoms with Crippen molar-refractivity contribution < 1.29 is 9.59 Å². The molecule has 0 bridgehead atoms. The van der Waals surface area contributed by atoms with Crippen LogP contribution in [0.1, 0.15) is 0 Å². The van der Waals surface area contributed by atoms with Gasteiger partial charge in [0.15, 0.2) is 5.78 Å². The third kappa shape index (κ3) is 1.11. The van der Waals surface area contributed by atoms with Gasteiger partial charge in [-0.2, -0.15) is 0 Å². The van der Waals surface area contributed by atoms with Crippen LogP contribution in [-0.2, 0) is 9.59 Å². The van der Waals surface area contributed by atoms with Gasteiger partial charge in [-0.3, -0.25) is 9.59 Å². The summed E-state index contributed by atoms with van der Waals surface area (Å²) in [6.07, 6.45) is 4.69. The van der Waals surface area contributed by atoms with Gasteiger partial charge in [-0.25, -0.2) is 4.99 Å². The predicted octanol–water partition coefficient (Wildman–Crippen LogP) is 0.0624. The van der Waals surface area contributed by atoms with Crippen molar-refractivity contribution in [3.63, 3.8) is 0 Å². The van der Waals surface area contributed by atoms with Gasteiger partial charge in [0.05, 0.1) is 10.9 Å². The lowest BCUT2D eigenvalue weighted by atomic mass is 9.92. The molecule has 0 fully saturated rings.